The molecule has 2 aromatic heterocycles. The van der Waals surface area contributed by atoms with Gasteiger partial charge in [0.1, 0.15) is 22.2 Å². The number of aryl methyl sites for hydroxylation is 1. The number of benzene rings is 1. The number of anilines is 3. The average Bonchev–Trinajstić information content (AvgIpc) is 2.85. The summed E-state index contributed by atoms with van der Waals surface area (Å²) >= 11 is 0. The maximum Gasteiger partial charge on any atom is 0.246 e. The summed E-state index contributed by atoms with van der Waals surface area (Å²) in [5.74, 6) is 2.87. The Morgan fingerprint density at radius 2 is 1.69 bits per heavy atom. The summed E-state index contributed by atoms with van der Waals surface area (Å²) in [6.45, 7) is 8.20. The van der Waals surface area contributed by atoms with E-state index in [2.05, 4.69) is 20.5 Å². The van der Waals surface area contributed by atoms with Crippen LogP contribution < -0.4 is 19.7 Å². The fourth-order valence-corrected chi connectivity index (χ4v) is 5.35. The van der Waals surface area contributed by atoms with Gasteiger partial charge in [0.25, 0.3) is 0 Å². The Hall–Kier alpha value is -3.44. The van der Waals surface area contributed by atoms with Gasteiger partial charge in [0.05, 0.1) is 13.2 Å². The number of nitrogens with zero attached hydrogens (tertiary/aromatic N) is 5. The summed E-state index contributed by atoms with van der Waals surface area (Å²) in [6, 6.07) is 12.4. The zero-order valence-corrected chi connectivity index (χ0v) is 21.0. The molecule has 186 valence electrons. The van der Waals surface area contributed by atoms with Crippen LogP contribution in [0.2, 0.25) is 0 Å². The molecule has 0 radical (unpaired) electrons. The largest absolute Gasteiger partial charge is 0.494 e. The second kappa shape index (κ2) is 10.9. The molecule has 1 N–H and O–H groups in total. The molecule has 1 fully saturated rings. The van der Waals surface area contributed by atoms with Gasteiger partial charge in [0.2, 0.25) is 10.0 Å². The van der Waals surface area contributed by atoms with Crippen molar-refractivity contribution >= 4 is 27.5 Å². The number of hydrogen-bond donors (Lipinski definition) is 1. The Kier molecular flexibility index (Phi) is 7.67. The van der Waals surface area contributed by atoms with Gasteiger partial charge in [-0.2, -0.15) is 4.31 Å². The maximum absolute atomic E-state index is 13.4. The lowest BCUT2D eigenvalue weighted by atomic mass is 10.3. The number of nitrogens with one attached hydrogen (secondary N) is 1. The minimum atomic E-state index is -3.72. The first-order valence-corrected chi connectivity index (χ1v) is 13.0. The van der Waals surface area contributed by atoms with Crippen LogP contribution >= 0.6 is 0 Å². The first-order chi connectivity index (χ1) is 16.9. The maximum atomic E-state index is 13.4. The monoisotopic (exact) mass is 498 g/mol. The van der Waals surface area contributed by atoms with Crippen molar-refractivity contribution in [2.45, 2.75) is 25.7 Å². The Balaban J connectivity index is 1.42. The van der Waals surface area contributed by atoms with Crippen LogP contribution in [-0.4, -0.2) is 67.3 Å². The lowest BCUT2D eigenvalue weighted by Gasteiger charge is -2.34. The smallest absolute Gasteiger partial charge is 0.246 e. The SMILES string of the molecule is CCOc1ccc(S(=O)(=O)N2CCN(c3ccc(Nc4cc(C)ccn4)nn3)CC2)c(OCC)c1. The molecule has 3 aromatic rings. The number of aromatic nitrogens is 3. The molecule has 0 atom stereocenters. The molecule has 1 saturated heterocycles. The Morgan fingerprint density at radius 3 is 2.34 bits per heavy atom. The summed E-state index contributed by atoms with van der Waals surface area (Å²) in [4.78, 5) is 6.44. The van der Waals surface area contributed by atoms with E-state index in [1.54, 1.807) is 24.4 Å². The molecule has 0 amide bonds. The third-order valence-electron chi connectivity index (χ3n) is 5.53. The molecule has 0 saturated carbocycles. The van der Waals surface area contributed by atoms with Crippen LogP contribution in [0.5, 0.6) is 11.5 Å². The molecular formula is C24H30N6O4S. The van der Waals surface area contributed by atoms with E-state index in [1.807, 2.05) is 49.9 Å². The number of piperazine rings is 1. The zero-order chi connectivity index (χ0) is 24.8. The highest BCUT2D eigenvalue weighted by molar-refractivity contribution is 7.89. The Bertz CT molecular complexity index is 1250. The average molecular weight is 499 g/mol. The fraction of sp³-hybridized carbons (Fsp3) is 0.375. The van der Waals surface area contributed by atoms with Crippen LogP contribution in [0.1, 0.15) is 19.4 Å². The second-order valence-corrected chi connectivity index (χ2v) is 9.89. The highest BCUT2D eigenvalue weighted by atomic mass is 32.2. The predicted molar refractivity (Wildman–Crippen MR) is 134 cm³/mol. The minimum Gasteiger partial charge on any atom is -0.494 e. The summed E-state index contributed by atoms with van der Waals surface area (Å²) in [6.07, 6.45) is 1.73. The van der Waals surface area contributed by atoms with E-state index in [1.165, 1.54) is 4.31 Å². The van der Waals surface area contributed by atoms with E-state index in [-0.39, 0.29) is 4.90 Å². The highest BCUT2D eigenvalue weighted by Crippen LogP contribution is 2.32. The van der Waals surface area contributed by atoms with Crippen LogP contribution in [0.25, 0.3) is 0 Å². The Morgan fingerprint density at radius 1 is 0.914 bits per heavy atom. The van der Waals surface area contributed by atoms with E-state index in [4.69, 9.17) is 9.47 Å². The van der Waals surface area contributed by atoms with Gasteiger partial charge in [-0.3, -0.25) is 0 Å². The van der Waals surface area contributed by atoms with E-state index >= 15 is 0 Å². The van der Waals surface area contributed by atoms with Gasteiger partial charge < -0.3 is 19.7 Å². The lowest BCUT2D eigenvalue weighted by Crippen LogP contribution is -2.49. The van der Waals surface area contributed by atoms with Gasteiger partial charge in [-0.15, -0.1) is 10.2 Å². The van der Waals surface area contributed by atoms with Gasteiger partial charge in [-0.05, 0) is 62.7 Å². The minimum absolute atomic E-state index is 0.149. The molecular weight excluding hydrogens is 468 g/mol. The lowest BCUT2D eigenvalue weighted by molar-refractivity contribution is 0.314. The first-order valence-electron chi connectivity index (χ1n) is 11.6. The van der Waals surface area contributed by atoms with Gasteiger partial charge in [0.15, 0.2) is 11.6 Å². The molecule has 1 aliphatic heterocycles. The second-order valence-electron chi connectivity index (χ2n) is 7.99. The molecule has 3 heterocycles. The normalized spacial score (nSPS) is 14.5. The van der Waals surface area contributed by atoms with E-state index in [0.717, 1.165) is 5.56 Å². The van der Waals surface area contributed by atoms with Crippen LogP contribution in [-0.2, 0) is 10.0 Å². The molecule has 0 aliphatic carbocycles. The van der Waals surface area contributed by atoms with Crippen molar-refractivity contribution < 1.29 is 17.9 Å². The number of pyridine rings is 1. The van der Waals surface area contributed by atoms with Crippen molar-refractivity contribution in [1.82, 2.24) is 19.5 Å². The zero-order valence-electron chi connectivity index (χ0n) is 20.1. The molecule has 11 heteroatoms. The highest BCUT2D eigenvalue weighted by Gasteiger charge is 2.31. The van der Waals surface area contributed by atoms with Crippen LogP contribution in [0.15, 0.2) is 53.6 Å². The van der Waals surface area contributed by atoms with Gasteiger partial charge >= 0.3 is 0 Å². The molecule has 35 heavy (non-hydrogen) atoms. The number of sulfonamides is 1. The number of rotatable bonds is 9. The van der Waals surface area contributed by atoms with Crippen molar-refractivity contribution in [1.29, 1.82) is 0 Å². The van der Waals surface area contributed by atoms with Gasteiger partial charge in [-0.1, -0.05) is 0 Å². The summed E-state index contributed by atoms with van der Waals surface area (Å²) < 4.78 is 39.4. The number of ether oxygens (including phenoxy) is 2. The summed E-state index contributed by atoms with van der Waals surface area (Å²) in [7, 11) is -3.72. The topological polar surface area (TPSA) is 110 Å². The van der Waals surface area contributed by atoms with Gasteiger partial charge in [0, 0.05) is 38.4 Å². The molecule has 0 bridgehead atoms. The Labute approximate surface area is 206 Å². The van der Waals surface area contributed by atoms with Crippen molar-refractivity contribution in [3.8, 4) is 11.5 Å². The van der Waals surface area contributed by atoms with E-state index in [9.17, 15) is 8.42 Å². The fourth-order valence-electron chi connectivity index (χ4n) is 3.82. The first kappa shape index (κ1) is 24.7. The van der Waals surface area contributed by atoms with Gasteiger partial charge in [-0.25, -0.2) is 13.4 Å². The third kappa shape index (κ3) is 5.80. The molecule has 0 unspecified atom stereocenters. The molecule has 1 aliphatic rings. The van der Waals surface area contributed by atoms with Crippen LogP contribution in [0.4, 0.5) is 17.5 Å². The van der Waals surface area contributed by atoms with Crippen molar-refractivity contribution in [2.75, 3.05) is 49.6 Å². The van der Waals surface area contributed by atoms with Crippen LogP contribution in [0, 0.1) is 6.92 Å². The molecule has 0 spiro atoms. The van der Waals surface area contributed by atoms with Crippen LogP contribution in [0.3, 0.4) is 0 Å². The standard InChI is InChI=1S/C24H30N6O4S/c1-4-33-19-6-7-21(20(17-19)34-5-2)35(31,32)30-14-12-29(13-15-30)24-9-8-22(27-28-24)26-23-16-18(3)10-11-25-23/h6-11,16-17H,4-5,12-15H2,1-3H3,(H,25,26,27). The third-order valence-corrected chi connectivity index (χ3v) is 7.47. The number of hydrogen-bond acceptors (Lipinski definition) is 9. The summed E-state index contributed by atoms with van der Waals surface area (Å²) in [5, 5.41) is 11.7. The van der Waals surface area contributed by atoms with E-state index < -0.39 is 10.0 Å². The van der Waals surface area contributed by atoms with E-state index in [0.29, 0.717) is 68.3 Å². The molecule has 10 nitrogen and oxygen atoms in total. The van der Waals surface area contributed by atoms with Crippen molar-refractivity contribution in [3.05, 3.63) is 54.2 Å². The predicted octanol–water partition coefficient (Wildman–Crippen LogP) is 3.23. The molecule has 1 aromatic carbocycles. The van der Waals surface area contributed by atoms with Crippen molar-refractivity contribution in [3.63, 3.8) is 0 Å². The quantitative estimate of drug-likeness (QED) is 0.475. The van der Waals surface area contributed by atoms with Crippen molar-refractivity contribution in [2.24, 2.45) is 0 Å². The molecule has 4 rings (SSSR count). The summed E-state index contributed by atoms with van der Waals surface area (Å²) in [5.41, 5.74) is 1.10.